The van der Waals surface area contributed by atoms with Crippen molar-refractivity contribution >= 4 is 17.9 Å². The number of carbonyl (C=O) groups excluding carboxylic acids is 3. The van der Waals surface area contributed by atoms with E-state index in [1.165, 1.54) is 173 Å². The number of carbonyl (C=O) groups is 3. The molecule has 0 rings (SSSR count). The van der Waals surface area contributed by atoms with Crippen molar-refractivity contribution < 1.29 is 28.6 Å². The van der Waals surface area contributed by atoms with Crippen molar-refractivity contribution in [3.63, 3.8) is 0 Å². The van der Waals surface area contributed by atoms with Gasteiger partial charge in [-0.25, -0.2) is 0 Å². The van der Waals surface area contributed by atoms with Crippen LogP contribution in [0.4, 0.5) is 0 Å². The fourth-order valence-corrected chi connectivity index (χ4v) is 8.77. The minimum atomic E-state index is -0.765. The van der Waals surface area contributed by atoms with E-state index in [4.69, 9.17) is 14.2 Å². The van der Waals surface area contributed by atoms with Crippen LogP contribution in [0.25, 0.3) is 0 Å². The van der Waals surface area contributed by atoms with E-state index in [-0.39, 0.29) is 31.1 Å². The first-order valence-corrected chi connectivity index (χ1v) is 30.3. The predicted octanol–water partition coefficient (Wildman–Crippen LogP) is 20.4. The van der Waals surface area contributed by atoms with Gasteiger partial charge in [0.25, 0.3) is 0 Å². The molecule has 0 saturated carbocycles. The molecule has 0 aromatic heterocycles. The lowest BCUT2D eigenvalue weighted by Crippen LogP contribution is -2.30. The average molecular weight is 980 g/mol. The standard InChI is InChI=1S/C64H114O6/c1-4-7-10-13-15-17-19-21-23-24-25-26-27-28-29-30-31-32-33-34-35-36-37-38-39-40-41-43-44-46-48-51-54-57-63(66)69-60-61(59-68-62(65)56-53-50-12-9-6-3)70-64(67)58-55-52-49-47-45-42-22-20-18-16-14-11-8-5-2/h7,10,15,17,21,23,25-26,28-29,61H,4-6,8-9,11-14,16,18-20,22,24,27,30-60H2,1-3H3/b10-7-,17-15-,23-21-,26-25-,29-28-. The molecule has 0 heterocycles. The number of hydrogen-bond acceptors (Lipinski definition) is 6. The third-order valence-electron chi connectivity index (χ3n) is 13.3. The Bertz CT molecular complexity index is 1260. The van der Waals surface area contributed by atoms with E-state index in [2.05, 4.69) is 81.5 Å². The predicted molar refractivity (Wildman–Crippen MR) is 302 cm³/mol. The lowest BCUT2D eigenvalue weighted by molar-refractivity contribution is -0.167. The van der Waals surface area contributed by atoms with E-state index >= 15 is 0 Å². The van der Waals surface area contributed by atoms with Crippen LogP contribution >= 0.6 is 0 Å². The molecule has 0 N–H and O–H groups in total. The molecule has 0 bridgehead atoms. The van der Waals surface area contributed by atoms with Crippen LogP contribution in [0, 0.1) is 0 Å². The number of rotatable bonds is 55. The first-order valence-electron chi connectivity index (χ1n) is 30.3. The number of hydrogen-bond donors (Lipinski definition) is 0. The molecule has 0 saturated heterocycles. The minimum absolute atomic E-state index is 0.0689. The molecule has 406 valence electrons. The maximum atomic E-state index is 12.8. The van der Waals surface area contributed by atoms with Crippen LogP contribution in [0.3, 0.4) is 0 Å². The second-order valence-electron chi connectivity index (χ2n) is 20.2. The summed E-state index contributed by atoms with van der Waals surface area (Å²) < 4.78 is 16.7. The Kier molecular flexibility index (Phi) is 56.3. The van der Waals surface area contributed by atoms with E-state index in [1.54, 1.807) is 0 Å². The summed E-state index contributed by atoms with van der Waals surface area (Å²) in [5.74, 6) is -0.868. The van der Waals surface area contributed by atoms with E-state index in [1.807, 2.05) is 0 Å². The quantitative estimate of drug-likeness (QED) is 0.0261. The molecule has 0 aliphatic carbocycles. The lowest BCUT2D eigenvalue weighted by Gasteiger charge is -2.18. The Labute approximate surface area is 434 Å². The van der Waals surface area contributed by atoms with Crippen LogP contribution in [-0.2, 0) is 28.6 Å². The van der Waals surface area contributed by atoms with Crippen LogP contribution in [0.15, 0.2) is 60.8 Å². The van der Waals surface area contributed by atoms with Crippen molar-refractivity contribution in [1.82, 2.24) is 0 Å². The highest BCUT2D eigenvalue weighted by molar-refractivity contribution is 5.71. The SMILES string of the molecule is CC/C=C\C/C=C\C/C=C\C/C=C\C/C=C\CCCCCCCCCCCCCCCCCCCC(=O)OCC(COC(=O)CCCCCCC)OC(=O)CCCCCCCCCCCCCCCC. The van der Waals surface area contributed by atoms with Crippen LogP contribution < -0.4 is 0 Å². The highest BCUT2D eigenvalue weighted by Gasteiger charge is 2.19. The Morgan fingerprint density at radius 2 is 0.557 bits per heavy atom. The summed E-state index contributed by atoms with van der Waals surface area (Å²) in [5, 5.41) is 0. The van der Waals surface area contributed by atoms with Gasteiger partial charge in [0.15, 0.2) is 6.10 Å². The average Bonchev–Trinajstić information content (AvgIpc) is 3.36. The van der Waals surface area contributed by atoms with Gasteiger partial charge in [-0.15, -0.1) is 0 Å². The van der Waals surface area contributed by atoms with Crippen LogP contribution in [0.5, 0.6) is 0 Å². The monoisotopic (exact) mass is 979 g/mol. The maximum Gasteiger partial charge on any atom is 0.306 e. The van der Waals surface area contributed by atoms with E-state index in [0.29, 0.717) is 19.3 Å². The molecule has 0 fully saturated rings. The zero-order valence-corrected chi connectivity index (χ0v) is 46.5. The van der Waals surface area contributed by atoms with Gasteiger partial charge in [0.2, 0.25) is 0 Å². The number of esters is 3. The molecule has 6 heteroatoms. The van der Waals surface area contributed by atoms with Gasteiger partial charge < -0.3 is 14.2 Å². The van der Waals surface area contributed by atoms with Crippen molar-refractivity contribution in [3.05, 3.63) is 60.8 Å². The smallest absolute Gasteiger partial charge is 0.306 e. The molecule has 1 atom stereocenters. The molecular weight excluding hydrogens is 865 g/mol. The first kappa shape index (κ1) is 67.1. The minimum Gasteiger partial charge on any atom is -0.462 e. The topological polar surface area (TPSA) is 78.9 Å². The van der Waals surface area contributed by atoms with Crippen molar-refractivity contribution in [3.8, 4) is 0 Å². The Balaban J connectivity index is 3.91. The molecule has 0 aromatic rings. The zero-order chi connectivity index (χ0) is 50.7. The Morgan fingerprint density at radius 3 is 0.871 bits per heavy atom. The Hall–Kier alpha value is -2.89. The van der Waals surface area contributed by atoms with Gasteiger partial charge in [-0.05, 0) is 64.2 Å². The second-order valence-corrected chi connectivity index (χ2v) is 20.2. The molecule has 0 aromatic carbocycles. The lowest BCUT2D eigenvalue weighted by atomic mass is 10.0. The largest absolute Gasteiger partial charge is 0.462 e. The van der Waals surface area contributed by atoms with E-state index < -0.39 is 6.10 Å². The maximum absolute atomic E-state index is 12.8. The number of allylic oxidation sites excluding steroid dienone is 10. The van der Waals surface area contributed by atoms with Gasteiger partial charge >= 0.3 is 17.9 Å². The summed E-state index contributed by atoms with van der Waals surface area (Å²) in [6.45, 7) is 6.47. The third kappa shape index (κ3) is 56.0. The molecular formula is C64H114O6. The van der Waals surface area contributed by atoms with Gasteiger partial charge in [0, 0.05) is 19.3 Å². The van der Waals surface area contributed by atoms with Crippen molar-refractivity contribution in [2.75, 3.05) is 13.2 Å². The molecule has 70 heavy (non-hydrogen) atoms. The molecule has 0 aliphatic rings. The van der Waals surface area contributed by atoms with Gasteiger partial charge in [0.1, 0.15) is 13.2 Å². The molecule has 6 nitrogen and oxygen atoms in total. The van der Waals surface area contributed by atoms with Crippen molar-refractivity contribution in [1.29, 1.82) is 0 Å². The van der Waals surface area contributed by atoms with E-state index in [9.17, 15) is 14.4 Å². The van der Waals surface area contributed by atoms with Crippen LogP contribution in [0.2, 0.25) is 0 Å². The molecule has 1 unspecified atom stereocenters. The summed E-state index contributed by atoms with van der Waals surface area (Å²) in [4.78, 5) is 37.8. The normalized spacial score (nSPS) is 12.4. The summed E-state index contributed by atoms with van der Waals surface area (Å²) >= 11 is 0. The van der Waals surface area contributed by atoms with Gasteiger partial charge in [-0.1, -0.05) is 287 Å². The zero-order valence-electron chi connectivity index (χ0n) is 46.5. The highest BCUT2D eigenvalue weighted by atomic mass is 16.6. The second kappa shape index (κ2) is 58.7. The fourth-order valence-electron chi connectivity index (χ4n) is 8.77. The Morgan fingerprint density at radius 1 is 0.300 bits per heavy atom. The van der Waals surface area contributed by atoms with Crippen molar-refractivity contribution in [2.45, 2.75) is 316 Å². The summed E-state index contributed by atoms with van der Waals surface area (Å²) in [6, 6.07) is 0. The van der Waals surface area contributed by atoms with Crippen LogP contribution in [-0.4, -0.2) is 37.2 Å². The fraction of sp³-hybridized carbons (Fsp3) is 0.797. The van der Waals surface area contributed by atoms with Crippen molar-refractivity contribution in [2.24, 2.45) is 0 Å². The molecule has 0 aliphatic heterocycles. The van der Waals surface area contributed by atoms with Gasteiger partial charge in [-0.2, -0.15) is 0 Å². The van der Waals surface area contributed by atoms with Crippen LogP contribution in [0.1, 0.15) is 310 Å². The molecule has 0 radical (unpaired) electrons. The third-order valence-corrected chi connectivity index (χ3v) is 13.3. The summed E-state index contributed by atoms with van der Waals surface area (Å²) in [5.41, 5.74) is 0. The number of ether oxygens (including phenoxy) is 3. The summed E-state index contributed by atoms with van der Waals surface area (Å²) in [7, 11) is 0. The van der Waals surface area contributed by atoms with Gasteiger partial charge in [0.05, 0.1) is 0 Å². The highest BCUT2D eigenvalue weighted by Crippen LogP contribution is 2.17. The molecule has 0 spiro atoms. The summed E-state index contributed by atoms with van der Waals surface area (Å²) in [6.07, 6.45) is 74.2. The molecule has 0 amide bonds. The van der Waals surface area contributed by atoms with Gasteiger partial charge in [-0.3, -0.25) is 14.4 Å². The van der Waals surface area contributed by atoms with E-state index in [0.717, 1.165) is 96.3 Å². The number of unbranched alkanes of at least 4 members (excludes halogenated alkanes) is 34. The first-order chi connectivity index (χ1) is 34.5.